The van der Waals surface area contributed by atoms with Crippen LogP contribution in [-0.2, 0) is 0 Å². The van der Waals surface area contributed by atoms with Crippen LogP contribution in [0.1, 0.15) is 19.3 Å². The summed E-state index contributed by atoms with van der Waals surface area (Å²) in [5.74, 6) is 1.84. The maximum atomic E-state index is 5.73. The number of aromatic nitrogens is 2. The molecular weight excluding hydrogens is 200 g/mol. The van der Waals surface area contributed by atoms with Gasteiger partial charge in [0, 0.05) is 12.6 Å². The van der Waals surface area contributed by atoms with Crippen molar-refractivity contribution in [1.29, 1.82) is 0 Å². The Morgan fingerprint density at radius 2 is 2.29 bits per heavy atom. The SMILES string of the molecule is Nc1nc(Cl)cc(NCCC2CC2)n1. The van der Waals surface area contributed by atoms with Crippen LogP contribution in [0.3, 0.4) is 0 Å². The van der Waals surface area contributed by atoms with E-state index in [0.717, 1.165) is 12.5 Å². The third kappa shape index (κ3) is 2.73. The standard InChI is InChI=1S/C9H13ClN4/c10-7-5-8(14-9(11)13-7)12-4-3-6-1-2-6/h5-6H,1-4H2,(H3,11,12,13,14). The highest BCUT2D eigenvalue weighted by Crippen LogP contribution is 2.32. The summed E-state index contributed by atoms with van der Waals surface area (Å²) in [7, 11) is 0. The van der Waals surface area contributed by atoms with Crippen molar-refractivity contribution in [2.45, 2.75) is 19.3 Å². The Kier molecular flexibility index (Phi) is 2.72. The molecule has 1 aromatic rings. The minimum absolute atomic E-state index is 0.214. The van der Waals surface area contributed by atoms with Gasteiger partial charge in [0.15, 0.2) is 0 Å². The lowest BCUT2D eigenvalue weighted by Gasteiger charge is -2.05. The molecule has 0 radical (unpaired) electrons. The fourth-order valence-electron chi connectivity index (χ4n) is 1.34. The van der Waals surface area contributed by atoms with E-state index in [9.17, 15) is 0 Å². The highest BCUT2D eigenvalue weighted by atomic mass is 35.5. The zero-order valence-electron chi connectivity index (χ0n) is 7.83. The van der Waals surface area contributed by atoms with E-state index in [1.54, 1.807) is 6.07 Å². The molecule has 1 aromatic heterocycles. The Labute approximate surface area is 87.9 Å². The largest absolute Gasteiger partial charge is 0.370 e. The van der Waals surface area contributed by atoms with E-state index in [4.69, 9.17) is 17.3 Å². The van der Waals surface area contributed by atoms with Gasteiger partial charge in [0.05, 0.1) is 0 Å². The zero-order valence-corrected chi connectivity index (χ0v) is 8.59. The molecule has 76 valence electrons. The average Bonchev–Trinajstić information content (AvgIpc) is 2.86. The molecule has 0 aromatic carbocycles. The van der Waals surface area contributed by atoms with E-state index in [0.29, 0.717) is 11.0 Å². The number of hydrogen-bond donors (Lipinski definition) is 2. The molecular formula is C9H13ClN4. The van der Waals surface area contributed by atoms with Crippen LogP contribution in [0.2, 0.25) is 5.15 Å². The van der Waals surface area contributed by atoms with Gasteiger partial charge in [0.25, 0.3) is 0 Å². The van der Waals surface area contributed by atoms with Crippen molar-refractivity contribution in [3.8, 4) is 0 Å². The first-order chi connectivity index (χ1) is 6.74. The minimum atomic E-state index is 0.214. The van der Waals surface area contributed by atoms with Gasteiger partial charge in [-0.3, -0.25) is 0 Å². The number of nitrogens with two attached hydrogens (primary N) is 1. The molecule has 2 rings (SSSR count). The van der Waals surface area contributed by atoms with Crippen molar-refractivity contribution in [3.05, 3.63) is 11.2 Å². The van der Waals surface area contributed by atoms with Crippen molar-refractivity contribution >= 4 is 23.4 Å². The quantitative estimate of drug-likeness (QED) is 0.749. The van der Waals surface area contributed by atoms with Crippen LogP contribution in [0.15, 0.2) is 6.07 Å². The summed E-state index contributed by atoms with van der Waals surface area (Å²) in [5, 5.41) is 3.56. The van der Waals surface area contributed by atoms with Crippen molar-refractivity contribution < 1.29 is 0 Å². The molecule has 0 bridgehead atoms. The predicted molar refractivity (Wildman–Crippen MR) is 57.3 cm³/mol. The third-order valence-electron chi connectivity index (χ3n) is 2.27. The highest BCUT2D eigenvalue weighted by molar-refractivity contribution is 6.29. The van der Waals surface area contributed by atoms with E-state index in [2.05, 4.69) is 15.3 Å². The topological polar surface area (TPSA) is 63.8 Å². The van der Waals surface area contributed by atoms with Gasteiger partial charge in [-0.1, -0.05) is 24.4 Å². The number of anilines is 2. The lowest BCUT2D eigenvalue weighted by atomic mass is 10.3. The molecule has 14 heavy (non-hydrogen) atoms. The Bertz CT molecular complexity index is 304. The Morgan fingerprint density at radius 3 is 2.93 bits per heavy atom. The summed E-state index contributed by atoms with van der Waals surface area (Å²) in [4.78, 5) is 7.80. The first kappa shape index (κ1) is 9.52. The fraction of sp³-hybridized carbons (Fsp3) is 0.556. The van der Waals surface area contributed by atoms with Crippen LogP contribution < -0.4 is 11.1 Å². The van der Waals surface area contributed by atoms with Crippen LogP contribution in [0.25, 0.3) is 0 Å². The number of nitrogens with one attached hydrogen (secondary N) is 1. The van der Waals surface area contributed by atoms with Crippen LogP contribution in [0.4, 0.5) is 11.8 Å². The molecule has 1 aliphatic carbocycles. The Balaban J connectivity index is 1.87. The van der Waals surface area contributed by atoms with E-state index in [1.165, 1.54) is 19.3 Å². The summed E-state index contributed by atoms with van der Waals surface area (Å²) in [5.41, 5.74) is 5.46. The van der Waals surface area contributed by atoms with Crippen LogP contribution >= 0.6 is 11.6 Å². The second-order valence-electron chi connectivity index (χ2n) is 3.59. The first-order valence-electron chi connectivity index (χ1n) is 4.78. The van der Waals surface area contributed by atoms with E-state index >= 15 is 0 Å². The number of hydrogen-bond acceptors (Lipinski definition) is 4. The average molecular weight is 213 g/mol. The fourth-order valence-corrected chi connectivity index (χ4v) is 1.53. The molecule has 5 heteroatoms. The lowest BCUT2D eigenvalue weighted by Crippen LogP contribution is -2.06. The Hall–Kier alpha value is -1.03. The summed E-state index contributed by atoms with van der Waals surface area (Å²) in [6.45, 7) is 0.928. The number of nitrogen functional groups attached to an aromatic ring is 1. The summed E-state index contributed by atoms with van der Waals surface area (Å²) < 4.78 is 0. The van der Waals surface area contributed by atoms with Crippen molar-refractivity contribution in [2.75, 3.05) is 17.6 Å². The van der Waals surface area contributed by atoms with Gasteiger partial charge < -0.3 is 11.1 Å². The zero-order chi connectivity index (χ0) is 9.97. The molecule has 3 N–H and O–H groups in total. The molecule has 0 aliphatic heterocycles. The van der Waals surface area contributed by atoms with Crippen LogP contribution in [0.5, 0.6) is 0 Å². The van der Waals surface area contributed by atoms with E-state index < -0.39 is 0 Å². The van der Waals surface area contributed by atoms with Gasteiger partial charge >= 0.3 is 0 Å². The second-order valence-corrected chi connectivity index (χ2v) is 3.98. The molecule has 0 atom stereocenters. The number of halogens is 1. The van der Waals surface area contributed by atoms with Gasteiger partial charge in [-0.15, -0.1) is 0 Å². The molecule has 1 aliphatic rings. The molecule has 0 spiro atoms. The van der Waals surface area contributed by atoms with Crippen molar-refractivity contribution in [1.82, 2.24) is 9.97 Å². The Morgan fingerprint density at radius 1 is 1.50 bits per heavy atom. The summed E-state index contributed by atoms with van der Waals surface area (Å²) in [6, 6.07) is 1.69. The molecule has 1 fully saturated rings. The van der Waals surface area contributed by atoms with Gasteiger partial charge in [0.1, 0.15) is 11.0 Å². The van der Waals surface area contributed by atoms with Gasteiger partial charge in [-0.25, -0.2) is 4.98 Å². The molecule has 4 nitrogen and oxygen atoms in total. The highest BCUT2D eigenvalue weighted by Gasteiger charge is 2.20. The van der Waals surface area contributed by atoms with Gasteiger partial charge in [0.2, 0.25) is 5.95 Å². The van der Waals surface area contributed by atoms with E-state index in [1.807, 2.05) is 0 Å². The van der Waals surface area contributed by atoms with Gasteiger partial charge in [-0.2, -0.15) is 4.98 Å². The van der Waals surface area contributed by atoms with Crippen LogP contribution in [-0.4, -0.2) is 16.5 Å². The van der Waals surface area contributed by atoms with Crippen LogP contribution in [0, 0.1) is 5.92 Å². The number of rotatable bonds is 4. The molecule has 1 saturated carbocycles. The molecule has 1 heterocycles. The monoisotopic (exact) mass is 212 g/mol. The second kappa shape index (κ2) is 4.00. The lowest BCUT2D eigenvalue weighted by molar-refractivity contribution is 0.758. The van der Waals surface area contributed by atoms with Crippen molar-refractivity contribution in [3.63, 3.8) is 0 Å². The normalized spacial score (nSPS) is 15.5. The summed E-state index contributed by atoms with van der Waals surface area (Å²) in [6.07, 6.45) is 3.93. The number of nitrogens with zero attached hydrogens (tertiary/aromatic N) is 2. The molecule has 0 saturated heterocycles. The molecule has 0 unspecified atom stereocenters. The maximum Gasteiger partial charge on any atom is 0.223 e. The minimum Gasteiger partial charge on any atom is -0.370 e. The maximum absolute atomic E-state index is 5.73. The smallest absolute Gasteiger partial charge is 0.223 e. The third-order valence-corrected chi connectivity index (χ3v) is 2.46. The van der Waals surface area contributed by atoms with Gasteiger partial charge in [-0.05, 0) is 12.3 Å². The summed E-state index contributed by atoms with van der Waals surface area (Å²) >= 11 is 5.73. The van der Waals surface area contributed by atoms with Crippen molar-refractivity contribution in [2.24, 2.45) is 5.92 Å². The van der Waals surface area contributed by atoms with E-state index in [-0.39, 0.29) is 5.95 Å². The molecule has 0 amide bonds. The first-order valence-corrected chi connectivity index (χ1v) is 5.16. The predicted octanol–water partition coefficient (Wildman–Crippen LogP) is 1.92.